The fraction of sp³-hybridized carbons (Fsp3) is 0.750. The molecule has 5 heteroatoms. The maximum absolute atomic E-state index is 11.0. The standard InChI is InChI=1S/C8H15NO4/c1-4-13-8(12)6(10)5-7(11)9(2)3/h8,12H,4-5H2,1-3H3. The number of aliphatic hydroxyl groups excluding tert-OH is 1. The van der Waals surface area contributed by atoms with E-state index in [4.69, 9.17) is 5.11 Å². The van der Waals surface area contributed by atoms with Crippen molar-refractivity contribution in [1.29, 1.82) is 0 Å². The molecule has 5 nitrogen and oxygen atoms in total. The van der Waals surface area contributed by atoms with E-state index in [0.717, 1.165) is 0 Å². The molecule has 13 heavy (non-hydrogen) atoms. The molecule has 1 amide bonds. The molecule has 0 spiro atoms. The molecule has 0 aliphatic rings. The zero-order chi connectivity index (χ0) is 10.4. The number of ether oxygens (including phenoxy) is 1. The van der Waals surface area contributed by atoms with Gasteiger partial charge in [0, 0.05) is 20.7 Å². The van der Waals surface area contributed by atoms with E-state index in [1.54, 1.807) is 21.0 Å². The molecule has 0 saturated carbocycles. The number of aliphatic hydroxyl groups is 1. The van der Waals surface area contributed by atoms with E-state index in [9.17, 15) is 9.59 Å². The molecule has 1 N–H and O–H groups in total. The first-order valence-corrected chi connectivity index (χ1v) is 4.01. The van der Waals surface area contributed by atoms with Crippen molar-refractivity contribution in [3.63, 3.8) is 0 Å². The van der Waals surface area contributed by atoms with Crippen LogP contribution in [0.25, 0.3) is 0 Å². The maximum atomic E-state index is 11.0. The summed E-state index contributed by atoms with van der Waals surface area (Å²) in [4.78, 5) is 23.3. The van der Waals surface area contributed by atoms with E-state index in [1.165, 1.54) is 4.90 Å². The lowest BCUT2D eigenvalue weighted by Crippen LogP contribution is -2.31. The first-order chi connectivity index (χ1) is 5.99. The third-order valence-corrected chi connectivity index (χ3v) is 1.42. The van der Waals surface area contributed by atoms with Crippen molar-refractivity contribution in [2.45, 2.75) is 19.6 Å². The van der Waals surface area contributed by atoms with Gasteiger partial charge in [-0.2, -0.15) is 0 Å². The quantitative estimate of drug-likeness (QED) is 0.462. The van der Waals surface area contributed by atoms with E-state index in [1.807, 2.05) is 0 Å². The molecule has 0 heterocycles. The van der Waals surface area contributed by atoms with Crippen molar-refractivity contribution < 1.29 is 19.4 Å². The first-order valence-electron chi connectivity index (χ1n) is 4.01. The maximum Gasteiger partial charge on any atom is 0.229 e. The van der Waals surface area contributed by atoms with Crippen molar-refractivity contribution in [3.05, 3.63) is 0 Å². The summed E-state index contributed by atoms with van der Waals surface area (Å²) < 4.78 is 4.62. The van der Waals surface area contributed by atoms with Gasteiger partial charge in [-0.3, -0.25) is 9.59 Å². The third kappa shape index (κ3) is 4.59. The van der Waals surface area contributed by atoms with Gasteiger partial charge in [-0.05, 0) is 6.92 Å². The Morgan fingerprint density at radius 3 is 2.38 bits per heavy atom. The van der Waals surface area contributed by atoms with Crippen molar-refractivity contribution >= 4 is 11.7 Å². The highest BCUT2D eigenvalue weighted by atomic mass is 16.6. The molecule has 0 aromatic carbocycles. The Balaban J connectivity index is 3.93. The van der Waals surface area contributed by atoms with Gasteiger partial charge in [-0.25, -0.2) is 0 Å². The minimum Gasteiger partial charge on any atom is -0.362 e. The lowest BCUT2D eigenvalue weighted by atomic mass is 10.2. The van der Waals surface area contributed by atoms with Crippen molar-refractivity contribution in [2.24, 2.45) is 0 Å². The number of ketones is 1. The van der Waals surface area contributed by atoms with Gasteiger partial charge >= 0.3 is 0 Å². The lowest BCUT2D eigenvalue weighted by Gasteiger charge is -2.12. The summed E-state index contributed by atoms with van der Waals surface area (Å²) in [7, 11) is 3.09. The van der Waals surface area contributed by atoms with Crippen LogP contribution < -0.4 is 0 Å². The van der Waals surface area contributed by atoms with Gasteiger partial charge in [0.15, 0.2) is 5.78 Å². The molecule has 1 unspecified atom stereocenters. The van der Waals surface area contributed by atoms with Crippen LogP contribution in [0.4, 0.5) is 0 Å². The number of carbonyl (C=O) groups is 2. The van der Waals surface area contributed by atoms with E-state index in [2.05, 4.69) is 4.74 Å². The van der Waals surface area contributed by atoms with Gasteiger partial charge in [0.2, 0.25) is 12.2 Å². The smallest absolute Gasteiger partial charge is 0.229 e. The molecule has 0 aliphatic heterocycles. The molecule has 1 atom stereocenters. The second-order valence-corrected chi connectivity index (χ2v) is 2.74. The van der Waals surface area contributed by atoms with E-state index < -0.39 is 12.1 Å². The predicted molar refractivity (Wildman–Crippen MR) is 46.0 cm³/mol. The Bertz CT molecular complexity index is 191. The number of amides is 1. The average molecular weight is 189 g/mol. The number of rotatable bonds is 5. The van der Waals surface area contributed by atoms with E-state index >= 15 is 0 Å². The van der Waals surface area contributed by atoms with Gasteiger partial charge in [0.1, 0.15) is 0 Å². The molecule has 0 bridgehead atoms. The van der Waals surface area contributed by atoms with Crippen LogP contribution in [0.2, 0.25) is 0 Å². The first kappa shape index (κ1) is 12.1. The molecular weight excluding hydrogens is 174 g/mol. The molecule has 0 rings (SSSR count). The summed E-state index contributed by atoms with van der Waals surface area (Å²) in [5.74, 6) is -0.954. The molecule has 0 aromatic rings. The predicted octanol–water partition coefficient (Wildman–Crippen LogP) is -0.611. The third-order valence-electron chi connectivity index (χ3n) is 1.42. The van der Waals surface area contributed by atoms with Crippen LogP contribution in [0.5, 0.6) is 0 Å². The second kappa shape index (κ2) is 5.66. The minimum absolute atomic E-state index is 0.239. The number of nitrogens with zero attached hydrogens (tertiary/aromatic N) is 1. The summed E-state index contributed by atoms with van der Waals surface area (Å²) in [6, 6.07) is 0. The van der Waals surface area contributed by atoms with Crippen LogP contribution in [-0.4, -0.2) is 48.7 Å². The normalized spacial score (nSPS) is 12.3. The SMILES string of the molecule is CCOC(O)C(=O)CC(=O)N(C)C. The highest BCUT2D eigenvalue weighted by Gasteiger charge is 2.19. The van der Waals surface area contributed by atoms with Gasteiger partial charge < -0.3 is 14.7 Å². The van der Waals surface area contributed by atoms with Crippen LogP contribution in [0, 0.1) is 0 Å². The summed E-state index contributed by atoms with van der Waals surface area (Å²) in [5, 5.41) is 9.01. The Labute approximate surface area is 77.3 Å². The lowest BCUT2D eigenvalue weighted by molar-refractivity contribution is -0.157. The summed E-state index contributed by atoms with van der Waals surface area (Å²) in [6.45, 7) is 1.90. The number of Topliss-reactive ketones (excluding diaryl/α,β-unsaturated/α-hetero) is 1. The van der Waals surface area contributed by atoms with Crippen molar-refractivity contribution in [2.75, 3.05) is 20.7 Å². The molecule has 76 valence electrons. The number of carbonyl (C=O) groups excluding carboxylic acids is 2. The Hall–Kier alpha value is -0.940. The van der Waals surface area contributed by atoms with Crippen LogP contribution in [0.1, 0.15) is 13.3 Å². The summed E-state index contributed by atoms with van der Waals surface area (Å²) in [6.07, 6.45) is -1.80. The Morgan fingerprint density at radius 2 is 2.00 bits per heavy atom. The highest BCUT2D eigenvalue weighted by molar-refractivity contribution is 5.99. The second-order valence-electron chi connectivity index (χ2n) is 2.74. The van der Waals surface area contributed by atoms with Gasteiger partial charge in [-0.1, -0.05) is 0 Å². The van der Waals surface area contributed by atoms with Crippen LogP contribution in [0.3, 0.4) is 0 Å². The Morgan fingerprint density at radius 1 is 1.46 bits per heavy atom. The van der Waals surface area contributed by atoms with Crippen LogP contribution in [-0.2, 0) is 14.3 Å². The summed E-state index contributed by atoms with van der Waals surface area (Å²) in [5.41, 5.74) is 0. The molecule has 0 saturated heterocycles. The fourth-order valence-electron chi connectivity index (χ4n) is 0.645. The van der Waals surface area contributed by atoms with Crippen molar-refractivity contribution in [3.8, 4) is 0 Å². The van der Waals surface area contributed by atoms with E-state index in [0.29, 0.717) is 0 Å². The largest absolute Gasteiger partial charge is 0.362 e. The Kier molecular flexibility index (Phi) is 5.25. The molecule has 0 aromatic heterocycles. The number of hydrogen-bond acceptors (Lipinski definition) is 4. The molecule has 0 radical (unpaired) electrons. The molecule has 0 fully saturated rings. The summed E-state index contributed by atoms with van der Waals surface area (Å²) >= 11 is 0. The number of hydrogen-bond donors (Lipinski definition) is 1. The fourth-order valence-corrected chi connectivity index (χ4v) is 0.645. The van der Waals surface area contributed by atoms with Gasteiger partial charge in [0.25, 0.3) is 0 Å². The topological polar surface area (TPSA) is 66.8 Å². The molecular formula is C8H15NO4. The highest BCUT2D eigenvalue weighted by Crippen LogP contribution is 1.96. The van der Waals surface area contributed by atoms with Gasteiger partial charge in [-0.15, -0.1) is 0 Å². The molecule has 0 aliphatic carbocycles. The zero-order valence-corrected chi connectivity index (χ0v) is 8.11. The zero-order valence-electron chi connectivity index (χ0n) is 8.11. The van der Waals surface area contributed by atoms with Crippen LogP contribution >= 0.6 is 0 Å². The van der Waals surface area contributed by atoms with Crippen molar-refractivity contribution in [1.82, 2.24) is 4.90 Å². The minimum atomic E-state index is -1.48. The monoisotopic (exact) mass is 189 g/mol. The van der Waals surface area contributed by atoms with Gasteiger partial charge in [0.05, 0.1) is 6.42 Å². The average Bonchev–Trinajstić information content (AvgIpc) is 2.04. The van der Waals surface area contributed by atoms with E-state index in [-0.39, 0.29) is 18.9 Å². The van der Waals surface area contributed by atoms with Crippen LogP contribution in [0.15, 0.2) is 0 Å².